The van der Waals surface area contributed by atoms with Crippen molar-refractivity contribution in [1.29, 1.82) is 0 Å². The van der Waals surface area contributed by atoms with E-state index in [0.717, 1.165) is 25.6 Å². The third-order valence-corrected chi connectivity index (χ3v) is 4.20. The van der Waals surface area contributed by atoms with E-state index in [9.17, 15) is 0 Å². The number of thiophene rings is 1. The van der Waals surface area contributed by atoms with Crippen LogP contribution in [0.2, 0.25) is 0 Å². The van der Waals surface area contributed by atoms with Gasteiger partial charge < -0.3 is 5.32 Å². The molecule has 0 aliphatic heterocycles. The molecule has 0 spiro atoms. The van der Waals surface area contributed by atoms with E-state index >= 15 is 0 Å². The second-order valence-corrected chi connectivity index (χ2v) is 6.08. The fourth-order valence-electron chi connectivity index (χ4n) is 1.71. The minimum absolute atomic E-state index is 0.530. The van der Waals surface area contributed by atoms with Crippen molar-refractivity contribution in [3.8, 4) is 0 Å². The molecule has 17 heavy (non-hydrogen) atoms. The lowest BCUT2D eigenvalue weighted by atomic mass is 10.1. The quantitative estimate of drug-likeness (QED) is 0.716. The van der Waals surface area contributed by atoms with E-state index in [0.29, 0.717) is 6.04 Å². The van der Waals surface area contributed by atoms with E-state index in [2.05, 4.69) is 55.5 Å². The average molecular weight is 254 g/mol. The minimum Gasteiger partial charge on any atom is -0.315 e. The molecular formula is C14H26N2S. The number of nitrogens with zero attached hydrogens (tertiary/aromatic N) is 1. The largest absolute Gasteiger partial charge is 0.315 e. The SMILES string of the molecule is CC(C)CCNCCN(C)C(C)c1cccs1. The van der Waals surface area contributed by atoms with Gasteiger partial charge in [0, 0.05) is 24.0 Å². The zero-order chi connectivity index (χ0) is 12.7. The summed E-state index contributed by atoms with van der Waals surface area (Å²) in [6.07, 6.45) is 1.27. The minimum atomic E-state index is 0.530. The van der Waals surface area contributed by atoms with Gasteiger partial charge in [-0.05, 0) is 44.3 Å². The molecule has 0 aliphatic carbocycles. The van der Waals surface area contributed by atoms with Gasteiger partial charge in [0.1, 0.15) is 0 Å². The first kappa shape index (κ1) is 14.7. The molecule has 0 fully saturated rings. The Labute approximate surface area is 110 Å². The standard InChI is InChI=1S/C14H26N2S/c1-12(2)7-8-15-9-10-16(4)13(3)14-6-5-11-17-14/h5-6,11-13,15H,7-10H2,1-4H3. The Hall–Kier alpha value is -0.380. The first-order chi connectivity index (χ1) is 8.11. The summed E-state index contributed by atoms with van der Waals surface area (Å²) < 4.78 is 0. The van der Waals surface area contributed by atoms with Crippen molar-refractivity contribution >= 4 is 11.3 Å². The van der Waals surface area contributed by atoms with Crippen LogP contribution in [0.15, 0.2) is 17.5 Å². The van der Waals surface area contributed by atoms with Gasteiger partial charge in [0.05, 0.1) is 0 Å². The molecule has 1 N–H and O–H groups in total. The molecule has 0 radical (unpaired) electrons. The van der Waals surface area contributed by atoms with Crippen LogP contribution in [0.5, 0.6) is 0 Å². The van der Waals surface area contributed by atoms with Gasteiger partial charge in [-0.25, -0.2) is 0 Å². The fourth-order valence-corrected chi connectivity index (χ4v) is 2.56. The van der Waals surface area contributed by atoms with Gasteiger partial charge in [0.2, 0.25) is 0 Å². The van der Waals surface area contributed by atoms with Crippen LogP contribution in [0.1, 0.15) is 38.1 Å². The first-order valence-electron chi connectivity index (χ1n) is 6.55. The molecule has 0 aliphatic rings. The molecule has 1 rings (SSSR count). The molecule has 1 aromatic heterocycles. The van der Waals surface area contributed by atoms with E-state index in [1.54, 1.807) is 0 Å². The van der Waals surface area contributed by atoms with E-state index in [1.807, 2.05) is 11.3 Å². The van der Waals surface area contributed by atoms with Gasteiger partial charge >= 0.3 is 0 Å². The van der Waals surface area contributed by atoms with Crippen molar-refractivity contribution in [1.82, 2.24) is 10.2 Å². The Morgan fingerprint density at radius 1 is 1.29 bits per heavy atom. The lowest BCUT2D eigenvalue weighted by Gasteiger charge is -2.23. The van der Waals surface area contributed by atoms with Crippen LogP contribution in [-0.4, -0.2) is 31.6 Å². The molecule has 0 bridgehead atoms. The number of hydrogen-bond donors (Lipinski definition) is 1. The molecule has 1 aromatic rings. The molecule has 0 amide bonds. The van der Waals surface area contributed by atoms with E-state index in [1.165, 1.54) is 11.3 Å². The van der Waals surface area contributed by atoms with Crippen molar-refractivity contribution < 1.29 is 0 Å². The van der Waals surface area contributed by atoms with Gasteiger partial charge in [-0.1, -0.05) is 19.9 Å². The summed E-state index contributed by atoms with van der Waals surface area (Å²) in [4.78, 5) is 3.86. The van der Waals surface area contributed by atoms with Gasteiger partial charge in [-0.15, -0.1) is 11.3 Å². The molecule has 1 heterocycles. The monoisotopic (exact) mass is 254 g/mol. The molecule has 1 unspecified atom stereocenters. The molecular weight excluding hydrogens is 228 g/mol. The highest BCUT2D eigenvalue weighted by Gasteiger charge is 2.11. The molecule has 0 saturated carbocycles. The maximum atomic E-state index is 3.51. The highest BCUT2D eigenvalue weighted by atomic mass is 32.1. The number of likely N-dealkylation sites (N-methyl/N-ethyl adjacent to an activating group) is 1. The highest BCUT2D eigenvalue weighted by Crippen LogP contribution is 2.22. The first-order valence-corrected chi connectivity index (χ1v) is 7.43. The third kappa shape index (κ3) is 5.66. The smallest absolute Gasteiger partial charge is 0.0410 e. The summed E-state index contributed by atoms with van der Waals surface area (Å²) in [5, 5.41) is 5.66. The van der Waals surface area contributed by atoms with Crippen molar-refractivity contribution in [3.63, 3.8) is 0 Å². The van der Waals surface area contributed by atoms with E-state index in [4.69, 9.17) is 0 Å². The summed E-state index contributed by atoms with van der Waals surface area (Å²) in [6, 6.07) is 4.88. The lowest BCUT2D eigenvalue weighted by molar-refractivity contribution is 0.264. The maximum Gasteiger partial charge on any atom is 0.0410 e. The number of rotatable bonds is 8. The van der Waals surface area contributed by atoms with E-state index in [-0.39, 0.29) is 0 Å². The average Bonchev–Trinajstić information content (AvgIpc) is 2.80. The fraction of sp³-hybridized carbons (Fsp3) is 0.714. The van der Waals surface area contributed by atoms with Gasteiger partial charge in [-0.2, -0.15) is 0 Å². The Morgan fingerprint density at radius 3 is 2.65 bits per heavy atom. The van der Waals surface area contributed by atoms with Crippen molar-refractivity contribution in [2.24, 2.45) is 5.92 Å². The topological polar surface area (TPSA) is 15.3 Å². The molecule has 0 aromatic carbocycles. The molecule has 98 valence electrons. The van der Waals surface area contributed by atoms with Crippen LogP contribution in [0.4, 0.5) is 0 Å². The predicted molar refractivity (Wildman–Crippen MR) is 77.7 cm³/mol. The van der Waals surface area contributed by atoms with E-state index < -0.39 is 0 Å². The predicted octanol–water partition coefficient (Wildman–Crippen LogP) is 3.38. The summed E-state index contributed by atoms with van der Waals surface area (Å²) in [6.45, 7) is 10.1. The molecule has 0 saturated heterocycles. The second-order valence-electron chi connectivity index (χ2n) is 5.10. The Kier molecular flexibility index (Phi) is 6.78. The second kappa shape index (κ2) is 7.85. The Balaban J connectivity index is 2.14. The molecule has 1 atom stereocenters. The van der Waals surface area contributed by atoms with Crippen molar-refractivity contribution in [2.45, 2.75) is 33.2 Å². The zero-order valence-electron chi connectivity index (χ0n) is 11.6. The van der Waals surface area contributed by atoms with Crippen LogP contribution in [0, 0.1) is 5.92 Å². The number of hydrogen-bond acceptors (Lipinski definition) is 3. The molecule has 3 heteroatoms. The Bertz CT molecular complexity index is 282. The lowest BCUT2D eigenvalue weighted by Crippen LogP contribution is -2.31. The summed E-state index contributed by atoms with van der Waals surface area (Å²) in [5.74, 6) is 0.797. The summed E-state index contributed by atoms with van der Waals surface area (Å²) >= 11 is 1.84. The zero-order valence-corrected chi connectivity index (χ0v) is 12.4. The van der Waals surface area contributed by atoms with Crippen LogP contribution >= 0.6 is 11.3 Å². The molecule has 2 nitrogen and oxygen atoms in total. The van der Waals surface area contributed by atoms with Crippen LogP contribution < -0.4 is 5.32 Å². The summed E-state index contributed by atoms with van der Waals surface area (Å²) in [7, 11) is 2.20. The third-order valence-electron chi connectivity index (χ3n) is 3.16. The van der Waals surface area contributed by atoms with Crippen molar-refractivity contribution in [3.05, 3.63) is 22.4 Å². The maximum absolute atomic E-state index is 3.51. The van der Waals surface area contributed by atoms with Crippen LogP contribution in [-0.2, 0) is 0 Å². The van der Waals surface area contributed by atoms with Gasteiger partial charge in [0.15, 0.2) is 0 Å². The van der Waals surface area contributed by atoms with Crippen LogP contribution in [0.25, 0.3) is 0 Å². The Morgan fingerprint density at radius 2 is 2.06 bits per heavy atom. The highest BCUT2D eigenvalue weighted by molar-refractivity contribution is 7.10. The normalized spacial score (nSPS) is 13.5. The van der Waals surface area contributed by atoms with Crippen LogP contribution in [0.3, 0.4) is 0 Å². The van der Waals surface area contributed by atoms with Gasteiger partial charge in [0.25, 0.3) is 0 Å². The van der Waals surface area contributed by atoms with Gasteiger partial charge in [-0.3, -0.25) is 4.90 Å². The summed E-state index contributed by atoms with van der Waals surface area (Å²) in [5.41, 5.74) is 0. The number of nitrogens with one attached hydrogen (secondary N) is 1. The van der Waals surface area contributed by atoms with Crippen molar-refractivity contribution in [2.75, 3.05) is 26.7 Å².